The van der Waals surface area contributed by atoms with E-state index in [1.165, 1.54) is 5.56 Å². The summed E-state index contributed by atoms with van der Waals surface area (Å²) in [6.45, 7) is 0. The average molecular weight is 216 g/mol. The van der Waals surface area contributed by atoms with Crippen molar-refractivity contribution in [2.24, 2.45) is 0 Å². The Morgan fingerprint density at radius 3 is 3.07 bits per heavy atom. The second-order valence-electron chi connectivity index (χ2n) is 3.36. The van der Waals surface area contributed by atoms with Crippen LogP contribution in [-0.4, -0.2) is 13.8 Å². The minimum Gasteiger partial charge on any atom is -0.506 e. The first kappa shape index (κ1) is 8.38. The largest absolute Gasteiger partial charge is 0.506 e. The SMILES string of the molecule is Oc1c2c(cc3ccccc13)C[Si]S2. The molecule has 1 heterocycles. The molecule has 0 spiro atoms. The van der Waals surface area contributed by atoms with E-state index in [0.29, 0.717) is 5.75 Å². The third kappa shape index (κ3) is 1.09. The molecule has 1 nitrogen and oxygen atoms in total. The van der Waals surface area contributed by atoms with Gasteiger partial charge in [0.1, 0.15) is 14.4 Å². The predicted octanol–water partition coefficient (Wildman–Crippen LogP) is 2.77. The standard InChI is InChI=1S/C11H8OSSi/c12-10-9-4-2-1-3-7(9)5-8-6-14-13-11(8)10/h1-5,12H,6H2. The summed E-state index contributed by atoms with van der Waals surface area (Å²) in [5, 5.41) is 12.2. The number of aromatic hydroxyl groups is 1. The summed E-state index contributed by atoms with van der Waals surface area (Å²) in [6.07, 6.45) is 0. The highest BCUT2D eigenvalue weighted by Crippen LogP contribution is 2.41. The summed E-state index contributed by atoms with van der Waals surface area (Å²) in [4.78, 5) is 1.10. The lowest BCUT2D eigenvalue weighted by molar-refractivity contribution is 0.468. The Morgan fingerprint density at radius 1 is 1.29 bits per heavy atom. The van der Waals surface area contributed by atoms with Crippen LogP contribution in [0.5, 0.6) is 5.75 Å². The van der Waals surface area contributed by atoms with E-state index in [2.05, 4.69) is 12.1 Å². The van der Waals surface area contributed by atoms with E-state index >= 15 is 0 Å². The van der Waals surface area contributed by atoms with Crippen molar-refractivity contribution in [3.63, 3.8) is 0 Å². The van der Waals surface area contributed by atoms with E-state index in [1.54, 1.807) is 11.2 Å². The quantitative estimate of drug-likeness (QED) is 0.683. The van der Waals surface area contributed by atoms with Crippen LogP contribution in [0.2, 0.25) is 0 Å². The van der Waals surface area contributed by atoms with Gasteiger partial charge in [-0.1, -0.05) is 30.3 Å². The summed E-state index contributed by atoms with van der Waals surface area (Å²) in [6, 6.07) is 11.3. The Hall–Kier alpha value is -0.933. The summed E-state index contributed by atoms with van der Waals surface area (Å²) < 4.78 is 0. The van der Waals surface area contributed by atoms with Gasteiger partial charge < -0.3 is 5.11 Å². The normalized spacial score (nSPS) is 14.6. The van der Waals surface area contributed by atoms with Crippen LogP contribution < -0.4 is 0 Å². The number of phenolic OH excluding ortho intramolecular Hbond substituents is 1. The maximum atomic E-state index is 10.1. The molecule has 0 amide bonds. The molecule has 1 N–H and O–H groups in total. The van der Waals surface area contributed by atoms with Crippen molar-refractivity contribution in [1.29, 1.82) is 0 Å². The van der Waals surface area contributed by atoms with E-state index in [4.69, 9.17) is 0 Å². The smallest absolute Gasteiger partial charge is 0.136 e. The maximum absolute atomic E-state index is 10.1. The molecular formula is C11H8OSSi. The zero-order valence-electron chi connectivity index (χ0n) is 7.45. The Kier molecular flexibility index (Phi) is 1.82. The molecule has 1 aliphatic rings. The van der Waals surface area contributed by atoms with Gasteiger partial charge in [0.05, 0.1) is 0 Å². The van der Waals surface area contributed by atoms with Crippen LogP contribution >= 0.6 is 11.2 Å². The lowest BCUT2D eigenvalue weighted by Gasteiger charge is -2.06. The average Bonchev–Trinajstić information content (AvgIpc) is 2.66. The molecule has 0 fully saturated rings. The number of hydrogen-bond donors (Lipinski definition) is 1. The fourth-order valence-electron chi connectivity index (χ4n) is 1.80. The van der Waals surface area contributed by atoms with Crippen molar-refractivity contribution in [3.8, 4) is 5.75 Å². The van der Waals surface area contributed by atoms with Gasteiger partial charge in [0.15, 0.2) is 0 Å². The van der Waals surface area contributed by atoms with Crippen molar-refractivity contribution in [2.45, 2.75) is 10.9 Å². The van der Waals surface area contributed by atoms with Crippen LogP contribution in [0.3, 0.4) is 0 Å². The molecule has 0 saturated heterocycles. The number of hydrogen-bond acceptors (Lipinski definition) is 2. The first-order chi connectivity index (χ1) is 6.86. The molecule has 14 heavy (non-hydrogen) atoms. The van der Waals surface area contributed by atoms with Crippen LogP contribution in [0, 0.1) is 0 Å². The van der Waals surface area contributed by atoms with Gasteiger partial charge >= 0.3 is 0 Å². The van der Waals surface area contributed by atoms with Gasteiger partial charge in [-0.3, -0.25) is 0 Å². The van der Waals surface area contributed by atoms with E-state index in [-0.39, 0.29) is 0 Å². The molecule has 2 aromatic rings. The summed E-state index contributed by atoms with van der Waals surface area (Å²) >= 11 is 1.79. The Bertz CT molecular complexity index is 510. The van der Waals surface area contributed by atoms with E-state index in [9.17, 15) is 5.11 Å². The van der Waals surface area contributed by atoms with Gasteiger partial charge in [-0.05, 0) is 17.0 Å². The van der Waals surface area contributed by atoms with Gasteiger partial charge in [-0.2, -0.15) is 11.2 Å². The molecule has 1 aliphatic heterocycles. The second-order valence-corrected chi connectivity index (χ2v) is 6.09. The lowest BCUT2D eigenvalue weighted by atomic mass is 10.1. The predicted molar refractivity (Wildman–Crippen MR) is 60.9 cm³/mol. The van der Waals surface area contributed by atoms with Crippen LogP contribution in [-0.2, 0) is 6.04 Å². The van der Waals surface area contributed by atoms with Gasteiger partial charge in [0.2, 0.25) is 0 Å². The number of rotatable bonds is 0. The number of fused-ring (bicyclic) bond motifs is 2. The summed E-state index contributed by atoms with van der Waals surface area (Å²) in [5.74, 6) is 0.480. The summed E-state index contributed by atoms with van der Waals surface area (Å²) in [5.41, 5.74) is 1.31. The van der Waals surface area contributed by atoms with Crippen molar-refractivity contribution >= 4 is 30.7 Å². The fourth-order valence-corrected chi connectivity index (χ4v) is 4.84. The number of phenols is 1. The molecule has 0 aromatic heterocycles. The minimum absolute atomic E-state index is 0.480. The monoisotopic (exact) mass is 216 g/mol. The highest BCUT2D eigenvalue weighted by Gasteiger charge is 2.18. The van der Waals surface area contributed by atoms with Gasteiger partial charge in [-0.25, -0.2) is 0 Å². The van der Waals surface area contributed by atoms with E-state index < -0.39 is 0 Å². The molecule has 0 aliphatic carbocycles. The van der Waals surface area contributed by atoms with Crippen molar-refractivity contribution < 1.29 is 5.11 Å². The molecule has 68 valence electrons. The minimum atomic E-state index is 0.480. The molecule has 3 heteroatoms. The van der Waals surface area contributed by atoms with Crippen LogP contribution in [0.1, 0.15) is 5.56 Å². The molecule has 2 radical (unpaired) electrons. The van der Waals surface area contributed by atoms with E-state index in [0.717, 1.165) is 30.4 Å². The highest BCUT2D eigenvalue weighted by molar-refractivity contribution is 8.22. The maximum Gasteiger partial charge on any atom is 0.136 e. The van der Waals surface area contributed by atoms with Crippen LogP contribution in [0.25, 0.3) is 10.8 Å². The highest BCUT2D eigenvalue weighted by atomic mass is 32.4. The Morgan fingerprint density at radius 2 is 2.14 bits per heavy atom. The zero-order chi connectivity index (χ0) is 9.54. The first-order valence-electron chi connectivity index (χ1n) is 4.49. The molecule has 2 aromatic carbocycles. The Labute approximate surface area is 88.6 Å². The zero-order valence-corrected chi connectivity index (χ0v) is 9.27. The van der Waals surface area contributed by atoms with Gasteiger partial charge in [0, 0.05) is 10.3 Å². The number of benzene rings is 2. The molecule has 0 saturated carbocycles. The van der Waals surface area contributed by atoms with Gasteiger partial charge in [-0.15, -0.1) is 0 Å². The lowest BCUT2D eigenvalue weighted by Crippen LogP contribution is -1.83. The Balaban J connectivity index is 2.44. The summed E-state index contributed by atoms with van der Waals surface area (Å²) in [7, 11) is 0.867. The van der Waals surface area contributed by atoms with E-state index in [1.807, 2.05) is 18.2 Å². The third-order valence-electron chi connectivity index (χ3n) is 2.49. The molecule has 0 atom stereocenters. The third-order valence-corrected chi connectivity index (χ3v) is 5.30. The van der Waals surface area contributed by atoms with Crippen molar-refractivity contribution in [2.75, 3.05) is 0 Å². The van der Waals surface area contributed by atoms with Crippen LogP contribution in [0.4, 0.5) is 0 Å². The topological polar surface area (TPSA) is 20.2 Å². The molecular weight excluding hydrogens is 208 g/mol. The molecule has 0 bridgehead atoms. The first-order valence-corrected chi connectivity index (χ1v) is 7.24. The van der Waals surface area contributed by atoms with Crippen molar-refractivity contribution in [1.82, 2.24) is 0 Å². The molecule has 3 rings (SSSR count). The fraction of sp³-hybridized carbons (Fsp3) is 0.0909. The van der Waals surface area contributed by atoms with Crippen molar-refractivity contribution in [3.05, 3.63) is 35.9 Å². The molecule has 0 unspecified atom stereocenters. The van der Waals surface area contributed by atoms with Gasteiger partial charge in [0.25, 0.3) is 0 Å². The second kappa shape index (κ2) is 3.04. The van der Waals surface area contributed by atoms with Crippen LogP contribution in [0.15, 0.2) is 35.2 Å².